The summed E-state index contributed by atoms with van der Waals surface area (Å²) in [4.78, 5) is 24.9. The first kappa shape index (κ1) is 43.6. The summed E-state index contributed by atoms with van der Waals surface area (Å²) in [7, 11) is 0. The number of nitrogens with zero attached hydrogens (tertiary/aromatic N) is 4. The van der Waals surface area contributed by atoms with Crippen molar-refractivity contribution in [3.8, 4) is 0 Å². The fourth-order valence-electron chi connectivity index (χ4n) is 6.71. The maximum atomic E-state index is 13.4. The molecule has 4 aromatic rings. The van der Waals surface area contributed by atoms with Crippen molar-refractivity contribution in [3.05, 3.63) is 132 Å². The van der Waals surface area contributed by atoms with Gasteiger partial charge in [0.25, 0.3) is 0 Å². The van der Waals surface area contributed by atoms with Crippen molar-refractivity contribution >= 4 is 34.7 Å². The predicted octanol–water partition coefficient (Wildman–Crippen LogP) is 5.92. The Balaban J connectivity index is 0.000000281. The molecule has 9 nitrogen and oxygen atoms in total. The van der Waals surface area contributed by atoms with E-state index in [1.165, 1.54) is 24.3 Å². The number of anilines is 2. The van der Waals surface area contributed by atoms with E-state index < -0.39 is 17.8 Å². The third kappa shape index (κ3) is 10.4. The number of para-hydroxylation sites is 2. The summed E-state index contributed by atoms with van der Waals surface area (Å²) < 4.78 is 32.0. The Morgan fingerprint density at radius 3 is 1.41 bits per heavy atom. The third-order valence-electron chi connectivity index (χ3n) is 9.25. The second-order valence-electron chi connectivity index (χ2n) is 12.8. The quantitative estimate of drug-likeness (QED) is 0.134. The number of carbonyl (C=O) groups excluding carboxylic acids is 1. The van der Waals surface area contributed by atoms with Gasteiger partial charge in [-0.3, -0.25) is 19.6 Å². The van der Waals surface area contributed by atoms with Gasteiger partial charge in [-0.2, -0.15) is 10.2 Å². The van der Waals surface area contributed by atoms with E-state index in [0.29, 0.717) is 23.6 Å². The summed E-state index contributed by atoms with van der Waals surface area (Å²) in [5.74, 6) is -3.08. The van der Waals surface area contributed by atoms with E-state index in [0.717, 1.165) is 55.5 Å². The Hall–Kier alpha value is -4.82. The van der Waals surface area contributed by atoms with E-state index in [2.05, 4.69) is 18.9 Å². The average Bonchev–Trinajstić information content (AvgIpc) is 3.74. The summed E-state index contributed by atoms with van der Waals surface area (Å²) >= 11 is 0. The van der Waals surface area contributed by atoms with Gasteiger partial charge in [0, 0.05) is 0 Å². The fourth-order valence-corrected chi connectivity index (χ4v) is 6.71. The maximum absolute atomic E-state index is 13.4. The number of aliphatic carboxylic acids is 1. The summed E-state index contributed by atoms with van der Waals surface area (Å²) in [6, 6.07) is 31.0. The van der Waals surface area contributed by atoms with Crippen LogP contribution in [-0.4, -0.2) is 52.6 Å². The fraction of sp³-hybridized carbons (Fsp3) is 0.333. The molecule has 2 heterocycles. The molecule has 0 fully saturated rings. The number of unbranched alkanes of at least 4 members (excludes halogenated alkanes) is 2. The summed E-state index contributed by atoms with van der Waals surface area (Å²) in [5.41, 5.74) is 4.32. The van der Waals surface area contributed by atoms with Crippen LogP contribution in [0.3, 0.4) is 0 Å². The number of hydrogen-bond acceptors (Lipinski definition) is 8. The van der Waals surface area contributed by atoms with Gasteiger partial charge in [0.05, 0.1) is 41.5 Å². The van der Waals surface area contributed by atoms with Crippen molar-refractivity contribution in [2.75, 3.05) is 16.6 Å². The van der Waals surface area contributed by atoms with Crippen LogP contribution in [0.4, 0.5) is 20.2 Å². The van der Waals surface area contributed by atoms with Gasteiger partial charge in [-0.15, -0.1) is 0 Å². The summed E-state index contributed by atoms with van der Waals surface area (Å²) in [6.45, 7) is 6.33. The first-order valence-corrected chi connectivity index (χ1v) is 18.0. The van der Waals surface area contributed by atoms with Gasteiger partial charge in [-0.25, -0.2) is 8.78 Å². The number of benzene rings is 4. The largest absolute Gasteiger partial charge is 1.00 e. The number of carboxylic acids is 1. The Labute approximate surface area is 328 Å². The van der Waals surface area contributed by atoms with Crippen molar-refractivity contribution < 1.29 is 52.6 Å². The Morgan fingerprint density at radius 1 is 0.648 bits per heavy atom. The number of rotatable bonds is 13. The molecule has 12 heteroatoms. The van der Waals surface area contributed by atoms with Crippen molar-refractivity contribution in [3.63, 3.8) is 0 Å². The molecule has 0 saturated heterocycles. The minimum Gasteiger partial charge on any atom is -0.870 e. The van der Waals surface area contributed by atoms with Crippen LogP contribution in [0.25, 0.3) is 0 Å². The number of carboxylic acid groups (broad SMARTS) is 1. The molecule has 280 valence electrons. The standard InChI is InChI=1S/C22H25FN2O2.C20H21FN2O2.Li.H2O/c1-3-5-11-19-20(22(26)27-4-2)21(16-12-14-17(23)15-13-16)24-25(19)18-9-7-6-8-10-18;1-2-3-9-17-18(20(24)25)19(14-10-12-15(21)13-11-14)22-23(17)16-7-5-4-6-8-16;;/h6-10,12-15,19-20H,3-5,11H2,1-2H3;4-8,10-13,17-18H,2-3,9H2,1H3,(H,24,25);;1H2/q;;+1;/p-1. The molecule has 0 spiro atoms. The monoisotopic (exact) mass is 732 g/mol. The van der Waals surface area contributed by atoms with E-state index in [9.17, 15) is 23.5 Å². The molecule has 0 bridgehead atoms. The number of halogens is 2. The molecule has 2 aliphatic rings. The van der Waals surface area contributed by atoms with Crippen molar-refractivity contribution in [2.24, 2.45) is 22.0 Å². The van der Waals surface area contributed by atoms with Gasteiger partial charge in [0.1, 0.15) is 23.5 Å². The number of ether oxygens (including phenoxy) is 1. The molecule has 0 amide bonds. The Bertz CT molecular complexity index is 1830. The molecule has 0 aromatic heterocycles. The number of hydrazone groups is 2. The van der Waals surface area contributed by atoms with Crippen molar-refractivity contribution in [2.45, 2.75) is 71.4 Å². The molecule has 0 aliphatic carbocycles. The van der Waals surface area contributed by atoms with Crippen LogP contribution in [0.1, 0.15) is 70.4 Å². The molecule has 4 unspecified atom stereocenters. The molecule has 2 N–H and O–H groups in total. The van der Waals surface area contributed by atoms with E-state index in [1.54, 1.807) is 31.2 Å². The van der Waals surface area contributed by atoms with Crippen LogP contribution in [0.5, 0.6) is 0 Å². The number of hydrogen-bond donors (Lipinski definition) is 1. The zero-order chi connectivity index (χ0) is 37.0. The molecular formula is C42H47F2LiN4O5. The molecule has 0 saturated carbocycles. The Morgan fingerprint density at radius 2 is 1.04 bits per heavy atom. The van der Waals surface area contributed by atoms with E-state index in [1.807, 2.05) is 70.7 Å². The van der Waals surface area contributed by atoms with Crippen LogP contribution < -0.4 is 28.9 Å². The van der Waals surface area contributed by atoms with Crippen LogP contribution in [0.15, 0.2) is 119 Å². The minimum absolute atomic E-state index is 0. The molecule has 4 atom stereocenters. The van der Waals surface area contributed by atoms with Crippen LogP contribution >= 0.6 is 0 Å². The SMILES string of the molecule is CCCCC1C(C(=O)O)C(c2ccc(F)cc2)=NN1c1ccccc1.CCCCC1C(C(=O)OCC)C(c2ccc(F)cc2)=NN1c1ccccc1.[Li+].[OH-]. The normalized spacial score (nSPS) is 18.7. The predicted molar refractivity (Wildman–Crippen MR) is 204 cm³/mol. The topological polar surface area (TPSA) is 125 Å². The van der Waals surface area contributed by atoms with Crippen LogP contribution in [0, 0.1) is 23.5 Å². The first-order valence-electron chi connectivity index (χ1n) is 18.0. The molecule has 0 radical (unpaired) electrons. The summed E-state index contributed by atoms with van der Waals surface area (Å²) in [5, 5.41) is 23.0. The van der Waals surface area contributed by atoms with Crippen LogP contribution in [-0.2, 0) is 14.3 Å². The molecule has 2 aliphatic heterocycles. The van der Waals surface area contributed by atoms with E-state index >= 15 is 0 Å². The number of esters is 1. The van der Waals surface area contributed by atoms with Gasteiger partial charge < -0.3 is 15.3 Å². The zero-order valence-corrected chi connectivity index (χ0v) is 31.3. The van der Waals surface area contributed by atoms with E-state index in [-0.39, 0.29) is 54.0 Å². The molecule has 54 heavy (non-hydrogen) atoms. The zero-order valence-electron chi connectivity index (χ0n) is 31.3. The summed E-state index contributed by atoms with van der Waals surface area (Å²) in [6.07, 6.45) is 5.47. The van der Waals surface area contributed by atoms with E-state index in [4.69, 9.17) is 9.84 Å². The van der Waals surface area contributed by atoms with Gasteiger partial charge in [-0.05, 0) is 79.4 Å². The Kier molecular flexibility index (Phi) is 17.1. The van der Waals surface area contributed by atoms with Gasteiger partial charge in [-0.1, -0.05) is 100 Å². The number of carbonyl (C=O) groups is 2. The van der Waals surface area contributed by atoms with Crippen LogP contribution in [0.2, 0.25) is 0 Å². The van der Waals surface area contributed by atoms with Gasteiger partial charge in [0.2, 0.25) is 0 Å². The minimum atomic E-state index is -0.900. The molecule has 4 aromatic carbocycles. The average molecular weight is 733 g/mol. The second kappa shape index (κ2) is 21.2. The van der Waals surface area contributed by atoms with Crippen molar-refractivity contribution in [1.82, 2.24) is 0 Å². The smallest absolute Gasteiger partial charge is 0.870 e. The first-order chi connectivity index (χ1) is 25.3. The van der Waals surface area contributed by atoms with Crippen molar-refractivity contribution in [1.29, 1.82) is 0 Å². The van der Waals surface area contributed by atoms with Gasteiger partial charge >= 0.3 is 30.8 Å². The third-order valence-corrected chi connectivity index (χ3v) is 9.25. The second-order valence-corrected chi connectivity index (χ2v) is 12.8. The maximum Gasteiger partial charge on any atom is 1.00 e. The molecular weight excluding hydrogens is 685 g/mol. The molecule has 6 rings (SSSR count). The van der Waals surface area contributed by atoms with Gasteiger partial charge in [0.15, 0.2) is 0 Å².